The van der Waals surface area contributed by atoms with E-state index < -0.39 is 0 Å². The number of rotatable bonds is 3. The summed E-state index contributed by atoms with van der Waals surface area (Å²) < 4.78 is 13.4. The average Bonchev–Trinajstić information content (AvgIpc) is 2.89. The van der Waals surface area contributed by atoms with E-state index >= 15 is 0 Å². The lowest BCUT2D eigenvalue weighted by Crippen LogP contribution is -2.25. The Kier molecular flexibility index (Phi) is 3.84. The third-order valence-corrected chi connectivity index (χ3v) is 4.00. The molecule has 2 fully saturated rings. The molecule has 1 aromatic rings. The SMILES string of the molecule is c1nn(C2CCCCC2)cc1OC1CCOCC1. The fourth-order valence-electron chi connectivity index (χ4n) is 2.91. The summed E-state index contributed by atoms with van der Waals surface area (Å²) in [5.74, 6) is 0.924. The third-order valence-electron chi connectivity index (χ3n) is 4.00. The maximum absolute atomic E-state index is 5.96. The molecule has 4 heteroatoms. The number of nitrogens with zero attached hydrogens (tertiary/aromatic N) is 2. The van der Waals surface area contributed by atoms with Crippen molar-refractivity contribution in [2.45, 2.75) is 57.1 Å². The molecule has 1 aliphatic carbocycles. The van der Waals surface area contributed by atoms with E-state index in [0.717, 1.165) is 31.8 Å². The first-order valence-electron chi connectivity index (χ1n) is 7.20. The van der Waals surface area contributed by atoms with Gasteiger partial charge in [-0.25, -0.2) is 0 Å². The molecule has 100 valence electrons. The molecule has 0 aromatic carbocycles. The second-order valence-corrected chi connectivity index (χ2v) is 5.38. The van der Waals surface area contributed by atoms with Crippen molar-refractivity contribution in [2.24, 2.45) is 0 Å². The zero-order valence-electron chi connectivity index (χ0n) is 10.9. The second-order valence-electron chi connectivity index (χ2n) is 5.38. The van der Waals surface area contributed by atoms with Crippen LogP contribution >= 0.6 is 0 Å². The normalized spacial score (nSPS) is 23.1. The van der Waals surface area contributed by atoms with Crippen LogP contribution in [-0.4, -0.2) is 29.1 Å². The van der Waals surface area contributed by atoms with Gasteiger partial charge in [0.1, 0.15) is 6.10 Å². The van der Waals surface area contributed by atoms with Crippen LogP contribution in [0.4, 0.5) is 0 Å². The monoisotopic (exact) mass is 250 g/mol. The molecular formula is C14H22N2O2. The van der Waals surface area contributed by atoms with E-state index in [4.69, 9.17) is 9.47 Å². The standard InChI is InChI=1S/C14H22N2O2/c1-2-4-12(5-3-1)16-11-14(10-15-16)18-13-6-8-17-9-7-13/h10-13H,1-9H2. The number of aromatic nitrogens is 2. The molecule has 1 saturated carbocycles. The molecule has 1 saturated heterocycles. The van der Waals surface area contributed by atoms with E-state index in [1.54, 1.807) is 0 Å². The molecule has 0 bridgehead atoms. The van der Waals surface area contributed by atoms with Crippen molar-refractivity contribution >= 4 is 0 Å². The van der Waals surface area contributed by atoms with Gasteiger partial charge in [0.25, 0.3) is 0 Å². The molecule has 0 N–H and O–H groups in total. The van der Waals surface area contributed by atoms with Crippen LogP contribution < -0.4 is 4.74 Å². The molecular weight excluding hydrogens is 228 g/mol. The van der Waals surface area contributed by atoms with Gasteiger partial charge in [-0.05, 0) is 12.8 Å². The highest BCUT2D eigenvalue weighted by Crippen LogP contribution is 2.29. The van der Waals surface area contributed by atoms with E-state index in [0.29, 0.717) is 12.1 Å². The number of hydrogen-bond acceptors (Lipinski definition) is 3. The molecule has 3 rings (SSSR count). The van der Waals surface area contributed by atoms with Crippen LogP contribution in [0.25, 0.3) is 0 Å². The Morgan fingerprint density at radius 3 is 2.67 bits per heavy atom. The highest BCUT2D eigenvalue weighted by Gasteiger charge is 2.19. The first kappa shape index (κ1) is 12.0. The van der Waals surface area contributed by atoms with Crippen molar-refractivity contribution in [3.8, 4) is 5.75 Å². The van der Waals surface area contributed by atoms with Gasteiger partial charge in [-0.2, -0.15) is 5.10 Å². The van der Waals surface area contributed by atoms with Crippen LogP contribution in [0.5, 0.6) is 5.75 Å². The summed E-state index contributed by atoms with van der Waals surface area (Å²) in [6.45, 7) is 1.64. The van der Waals surface area contributed by atoms with Gasteiger partial charge in [0.15, 0.2) is 5.75 Å². The average molecular weight is 250 g/mol. The van der Waals surface area contributed by atoms with Gasteiger partial charge in [-0.3, -0.25) is 4.68 Å². The Labute approximate surface area is 108 Å². The molecule has 0 unspecified atom stereocenters. The molecule has 18 heavy (non-hydrogen) atoms. The van der Waals surface area contributed by atoms with Crippen molar-refractivity contribution in [2.75, 3.05) is 13.2 Å². The minimum Gasteiger partial charge on any atom is -0.487 e. The van der Waals surface area contributed by atoms with E-state index in [-0.39, 0.29) is 0 Å². The maximum Gasteiger partial charge on any atom is 0.157 e. The van der Waals surface area contributed by atoms with Gasteiger partial charge in [0.05, 0.1) is 31.6 Å². The summed E-state index contributed by atoms with van der Waals surface area (Å²) in [6, 6.07) is 0.589. The van der Waals surface area contributed by atoms with E-state index in [9.17, 15) is 0 Å². The summed E-state index contributed by atoms with van der Waals surface area (Å²) in [5, 5.41) is 4.47. The Morgan fingerprint density at radius 2 is 1.89 bits per heavy atom. The highest BCUT2D eigenvalue weighted by atomic mass is 16.5. The van der Waals surface area contributed by atoms with Crippen molar-refractivity contribution < 1.29 is 9.47 Å². The lowest BCUT2D eigenvalue weighted by atomic mass is 9.96. The van der Waals surface area contributed by atoms with Gasteiger partial charge in [0, 0.05) is 12.8 Å². The van der Waals surface area contributed by atoms with Gasteiger partial charge < -0.3 is 9.47 Å². The first-order chi connectivity index (χ1) is 8.92. The zero-order valence-corrected chi connectivity index (χ0v) is 10.9. The van der Waals surface area contributed by atoms with E-state index in [1.165, 1.54) is 32.1 Å². The minimum absolute atomic E-state index is 0.308. The summed E-state index contributed by atoms with van der Waals surface area (Å²) in [5.41, 5.74) is 0. The summed E-state index contributed by atoms with van der Waals surface area (Å²) in [7, 11) is 0. The number of hydrogen-bond donors (Lipinski definition) is 0. The quantitative estimate of drug-likeness (QED) is 0.827. The van der Waals surface area contributed by atoms with Gasteiger partial charge in [-0.1, -0.05) is 19.3 Å². The van der Waals surface area contributed by atoms with Crippen LogP contribution in [0.1, 0.15) is 51.0 Å². The number of ether oxygens (including phenoxy) is 2. The lowest BCUT2D eigenvalue weighted by molar-refractivity contribution is 0.0255. The Hall–Kier alpha value is -1.03. The highest BCUT2D eigenvalue weighted by molar-refractivity contribution is 5.13. The van der Waals surface area contributed by atoms with Crippen molar-refractivity contribution in [1.82, 2.24) is 9.78 Å². The first-order valence-corrected chi connectivity index (χ1v) is 7.20. The van der Waals surface area contributed by atoms with Gasteiger partial charge in [0.2, 0.25) is 0 Å². The summed E-state index contributed by atoms with van der Waals surface area (Å²) in [4.78, 5) is 0. The molecule has 0 spiro atoms. The smallest absolute Gasteiger partial charge is 0.157 e. The van der Waals surface area contributed by atoms with Crippen molar-refractivity contribution in [3.05, 3.63) is 12.4 Å². The molecule has 4 nitrogen and oxygen atoms in total. The van der Waals surface area contributed by atoms with Gasteiger partial charge in [-0.15, -0.1) is 0 Å². The Bertz CT molecular complexity index is 366. The predicted octanol–water partition coefficient (Wildman–Crippen LogP) is 2.95. The molecule has 2 aliphatic rings. The van der Waals surface area contributed by atoms with Crippen LogP contribution in [0, 0.1) is 0 Å². The van der Waals surface area contributed by atoms with Gasteiger partial charge >= 0.3 is 0 Å². The van der Waals surface area contributed by atoms with Crippen LogP contribution in [0.15, 0.2) is 12.4 Å². The van der Waals surface area contributed by atoms with Crippen LogP contribution in [0.2, 0.25) is 0 Å². The second kappa shape index (κ2) is 5.74. The van der Waals surface area contributed by atoms with Crippen LogP contribution in [-0.2, 0) is 4.74 Å². The van der Waals surface area contributed by atoms with Crippen molar-refractivity contribution in [1.29, 1.82) is 0 Å². The molecule has 1 aromatic heterocycles. The molecule has 0 amide bonds. The largest absolute Gasteiger partial charge is 0.487 e. The third kappa shape index (κ3) is 2.86. The zero-order chi connectivity index (χ0) is 12.2. The van der Waals surface area contributed by atoms with E-state index in [2.05, 4.69) is 16.0 Å². The molecule has 0 radical (unpaired) electrons. The Morgan fingerprint density at radius 1 is 1.11 bits per heavy atom. The molecule has 0 atom stereocenters. The van der Waals surface area contributed by atoms with Crippen LogP contribution in [0.3, 0.4) is 0 Å². The lowest BCUT2D eigenvalue weighted by Gasteiger charge is -2.23. The topological polar surface area (TPSA) is 36.3 Å². The summed E-state index contributed by atoms with van der Waals surface area (Å²) >= 11 is 0. The molecule has 1 aliphatic heterocycles. The maximum atomic E-state index is 5.96. The summed E-state index contributed by atoms with van der Waals surface area (Å²) in [6.07, 6.45) is 12.8. The fourth-order valence-corrected chi connectivity index (χ4v) is 2.91. The minimum atomic E-state index is 0.308. The van der Waals surface area contributed by atoms with E-state index in [1.807, 2.05) is 6.20 Å². The van der Waals surface area contributed by atoms with Crippen molar-refractivity contribution in [3.63, 3.8) is 0 Å². The molecule has 2 heterocycles. The Balaban J connectivity index is 1.58. The fraction of sp³-hybridized carbons (Fsp3) is 0.786. The predicted molar refractivity (Wildman–Crippen MR) is 68.8 cm³/mol.